The summed E-state index contributed by atoms with van der Waals surface area (Å²) in [6.07, 6.45) is 14.4. The Labute approximate surface area is 427 Å². The summed E-state index contributed by atoms with van der Waals surface area (Å²) in [5.74, 6) is -1.21. The molecule has 2 aliphatic carbocycles. The van der Waals surface area contributed by atoms with Gasteiger partial charge in [0.25, 0.3) is 23.6 Å². The summed E-state index contributed by atoms with van der Waals surface area (Å²) in [5.41, 5.74) is 17.4. The average Bonchev–Trinajstić information content (AvgIpc) is 3.32. The van der Waals surface area contributed by atoms with Crippen molar-refractivity contribution in [2.45, 2.75) is 146 Å². The molecule has 0 saturated heterocycles. The average molecular weight is 1000 g/mol. The van der Waals surface area contributed by atoms with Gasteiger partial charge in [0, 0.05) is 82.7 Å². The lowest BCUT2D eigenvalue weighted by molar-refractivity contribution is -0.118. The van der Waals surface area contributed by atoms with E-state index in [1.54, 1.807) is 31.2 Å². The first-order valence-electron chi connectivity index (χ1n) is 25.1. The van der Waals surface area contributed by atoms with E-state index in [2.05, 4.69) is 69.9 Å². The van der Waals surface area contributed by atoms with Crippen LogP contribution in [-0.4, -0.2) is 113 Å². The van der Waals surface area contributed by atoms with Crippen LogP contribution in [0.2, 0.25) is 10.0 Å². The predicted octanol–water partition coefficient (Wildman–Crippen LogP) is 9.39. The summed E-state index contributed by atoms with van der Waals surface area (Å²) in [4.78, 5) is 53.8. The van der Waals surface area contributed by atoms with Crippen LogP contribution in [-0.2, 0) is 9.59 Å². The molecule has 2 aromatic rings. The first kappa shape index (κ1) is 64.5. The normalized spacial score (nSPS) is 14.4. The van der Waals surface area contributed by atoms with Crippen molar-refractivity contribution in [1.29, 1.82) is 0 Å². The van der Waals surface area contributed by atoms with Crippen LogP contribution in [0.15, 0.2) is 46.8 Å². The van der Waals surface area contributed by atoms with Gasteiger partial charge in [-0.25, -0.2) is 0 Å². The lowest BCUT2D eigenvalue weighted by atomic mass is 9.95. The number of rotatable bonds is 16. The van der Waals surface area contributed by atoms with Crippen LogP contribution in [0.4, 0.5) is 11.4 Å². The molecule has 0 radical (unpaired) electrons. The SMILES string of the molecule is CC.CCNC(=O)/C(CNC(=O)c1cc(Cl)cc(NCC)c1C)=C(/C)N.CCNc1cc(Cl)cc(C(=O)NC/C(C(=O)NC)=C(/N)C(C)C)c1C.CN(C)C1CCCCC1.CN(C)C1CCCCC1. The summed E-state index contributed by atoms with van der Waals surface area (Å²) in [5, 5.41) is 18.0. The molecule has 392 valence electrons. The standard InChI is InChI=1S/C18H27ClN4O2.C17H25ClN4O2.2C8H17N.C2H6/c1-6-22-15-8-12(19)7-13(11(15)4)18(25)23-9-14(17(24)21-5)16(20)10(2)3;1-5-20-15-8-12(18)7-13(10(15)3)16(23)22-9-14(11(4)19)17(24)21-6-2;2*1-9(2)8-6-4-3-5-7-8;1-2/h7-8,10,22H,6,9,20H2,1-5H3,(H,21,24)(H,23,25);7-8,20H,5-6,9,19H2,1-4H3,(H,21,24)(H,22,23);2*8H,3-7H2,1-2H3;1-2H3/b16-14-;14-11-;;;. The summed E-state index contributed by atoms with van der Waals surface area (Å²) < 4.78 is 0. The second-order valence-corrected chi connectivity index (χ2v) is 18.8. The Morgan fingerprint density at radius 3 is 1.29 bits per heavy atom. The second kappa shape index (κ2) is 35.6. The van der Waals surface area contributed by atoms with Gasteiger partial charge < -0.3 is 53.2 Å². The van der Waals surface area contributed by atoms with Gasteiger partial charge in [0.15, 0.2) is 0 Å². The molecule has 0 spiro atoms. The van der Waals surface area contributed by atoms with E-state index in [1.807, 2.05) is 62.3 Å². The predicted molar refractivity (Wildman–Crippen MR) is 294 cm³/mol. The van der Waals surface area contributed by atoms with Crippen molar-refractivity contribution in [1.82, 2.24) is 31.1 Å². The molecule has 0 atom stereocenters. The highest BCUT2D eigenvalue weighted by Crippen LogP contribution is 2.27. The van der Waals surface area contributed by atoms with Crippen molar-refractivity contribution in [2.75, 3.05) is 78.6 Å². The highest BCUT2D eigenvalue weighted by atomic mass is 35.5. The number of nitrogens with two attached hydrogens (primary N) is 2. The largest absolute Gasteiger partial charge is 0.402 e. The molecule has 2 aliphatic rings. The highest BCUT2D eigenvalue weighted by Gasteiger charge is 2.20. The molecule has 4 amide bonds. The van der Waals surface area contributed by atoms with Crippen LogP contribution in [0.1, 0.15) is 151 Å². The zero-order valence-electron chi connectivity index (χ0n) is 45.1. The molecule has 0 aromatic heterocycles. The third kappa shape index (κ3) is 23.8. The summed E-state index contributed by atoms with van der Waals surface area (Å²) in [6.45, 7) is 20.9. The van der Waals surface area contributed by atoms with Crippen molar-refractivity contribution in [3.63, 3.8) is 0 Å². The van der Waals surface area contributed by atoms with Gasteiger partial charge in [0.2, 0.25) is 0 Å². The molecule has 2 saturated carbocycles. The Morgan fingerprint density at radius 2 is 1.00 bits per heavy atom. The van der Waals surface area contributed by atoms with Gasteiger partial charge in [-0.1, -0.05) is 89.4 Å². The molecule has 14 nitrogen and oxygen atoms in total. The van der Waals surface area contributed by atoms with Gasteiger partial charge in [-0.2, -0.15) is 0 Å². The van der Waals surface area contributed by atoms with E-state index in [-0.39, 0.29) is 42.6 Å². The molecule has 0 aliphatic heterocycles. The Balaban J connectivity index is 0.000000963. The van der Waals surface area contributed by atoms with Crippen molar-refractivity contribution in [3.8, 4) is 0 Å². The molecule has 0 bridgehead atoms. The van der Waals surface area contributed by atoms with Crippen LogP contribution in [0.5, 0.6) is 0 Å². The minimum Gasteiger partial charge on any atom is -0.402 e. The number of hydrogen-bond donors (Lipinski definition) is 8. The molecule has 10 N–H and O–H groups in total. The number of amides is 4. The van der Waals surface area contributed by atoms with Crippen LogP contribution < -0.4 is 43.4 Å². The lowest BCUT2D eigenvalue weighted by Crippen LogP contribution is -2.34. The fraction of sp³-hybridized carbons (Fsp3) is 0.623. The van der Waals surface area contributed by atoms with Crippen LogP contribution >= 0.6 is 23.2 Å². The van der Waals surface area contributed by atoms with E-state index in [0.717, 1.165) is 47.7 Å². The third-order valence-corrected chi connectivity index (χ3v) is 12.4. The van der Waals surface area contributed by atoms with Gasteiger partial charge in [-0.3, -0.25) is 19.2 Å². The topological polar surface area (TPSA) is 199 Å². The number of anilines is 2. The Bertz CT molecular complexity index is 1910. The minimum absolute atomic E-state index is 0.00235. The molecule has 16 heteroatoms. The van der Waals surface area contributed by atoms with Crippen molar-refractivity contribution < 1.29 is 19.2 Å². The van der Waals surface area contributed by atoms with Gasteiger partial charge in [0.05, 0.1) is 24.2 Å². The van der Waals surface area contributed by atoms with E-state index in [9.17, 15) is 19.2 Å². The molecule has 69 heavy (non-hydrogen) atoms. The van der Waals surface area contributed by atoms with Crippen LogP contribution in [0.25, 0.3) is 0 Å². The summed E-state index contributed by atoms with van der Waals surface area (Å²) in [7, 11) is 10.3. The number of hydrogen-bond acceptors (Lipinski definition) is 10. The second-order valence-electron chi connectivity index (χ2n) is 17.9. The Hall–Kier alpha value is -4.50. The van der Waals surface area contributed by atoms with E-state index >= 15 is 0 Å². The van der Waals surface area contributed by atoms with Gasteiger partial charge in [-0.05, 0) is 137 Å². The van der Waals surface area contributed by atoms with E-state index in [4.69, 9.17) is 34.7 Å². The molecular formula is C53H92Cl2N10O4. The molecule has 0 heterocycles. The number of benzene rings is 2. The maximum Gasteiger partial charge on any atom is 0.251 e. The van der Waals surface area contributed by atoms with Gasteiger partial charge in [-0.15, -0.1) is 0 Å². The number of nitrogens with zero attached hydrogens (tertiary/aromatic N) is 2. The van der Waals surface area contributed by atoms with E-state index < -0.39 is 0 Å². The fourth-order valence-electron chi connectivity index (χ4n) is 7.78. The number of likely N-dealkylation sites (N-methyl/N-ethyl adjacent to an activating group) is 2. The first-order valence-corrected chi connectivity index (χ1v) is 25.8. The Kier molecular flexibility index (Phi) is 33.3. The lowest BCUT2D eigenvalue weighted by Gasteiger charge is -2.27. The molecule has 4 rings (SSSR count). The van der Waals surface area contributed by atoms with Crippen molar-refractivity contribution >= 4 is 58.2 Å². The number of carbonyl (C=O) groups excluding carboxylic acids is 4. The quantitative estimate of drug-likeness (QED) is 0.0750. The zero-order chi connectivity index (χ0) is 52.8. The molecule has 2 fully saturated rings. The number of allylic oxidation sites excluding steroid dienone is 2. The maximum absolute atomic E-state index is 12.6. The van der Waals surface area contributed by atoms with Crippen LogP contribution in [0, 0.1) is 19.8 Å². The van der Waals surface area contributed by atoms with Crippen molar-refractivity contribution in [2.24, 2.45) is 17.4 Å². The molecule has 0 unspecified atom stereocenters. The summed E-state index contributed by atoms with van der Waals surface area (Å²) >= 11 is 12.2. The van der Waals surface area contributed by atoms with Gasteiger partial charge in [0.1, 0.15) is 0 Å². The van der Waals surface area contributed by atoms with E-state index in [0.29, 0.717) is 50.3 Å². The number of carbonyl (C=O) groups is 4. The van der Waals surface area contributed by atoms with Crippen LogP contribution in [0.3, 0.4) is 0 Å². The monoisotopic (exact) mass is 1000 g/mol. The molecular weight excluding hydrogens is 912 g/mol. The third-order valence-electron chi connectivity index (χ3n) is 12.0. The zero-order valence-corrected chi connectivity index (χ0v) is 46.6. The smallest absolute Gasteiger partial charge is 0.251 e. The van der Waals surface area contributed by atoms with E-state index in [1.165, 1.54) is 71.3 Å². The van der Waals surface area contributed by atoms with Crippen molar-refractivity contribution in [3.05, 3.63) is 79.1 Å². The maximum atomic E-state index is 12.6. The number of halogens is 2. The fourth-order valence-corrected chi connectivity index (χ4v) is 8.22. The molecule has 2 aromatic carbocycles. The van der Waals surface area contributed by atoms with Gasteiger partial charge >= 0.3 is 0 Å². The first-order chi connectivity index (χ1) is 32.6. The Morgan fingerprint density at radius 1 is 0.623 bits per heavy atom. The highest BCUT2D eigenvalue weighted by molar-refractivity contribution is 6.31. The number of nitrogens with one attached hydrogen (secondary N) is 6. The minimum atomic E-state index is -0.308. The summed E-state index contributed by atoms with van der Waals surface area (Å²) in [6, 6.07) is 8.56.